The number of aliphatic carboxylic acids is 1. The van der Waals surface area contributed by atoms with Crippen molar-refractivity contribution >= 4 is 5.97 Å². The Morgan fingerprint density at radius 3 is 2.47 bits per heavy atom. The van der Waals surface area contributed by atoms with Crippen molar-refractivity contribution in [3.8, 4) is 11.5 Å². The molecule has 1 N–H and O–H groups in total. The normalized spacial score (nSPS) is 10.1. The molecule has 94 valence electrons. The molecule has 1 aromatic carbocycles. The van der Waals surface area contributed by atoms with Crippen LogP contribution in [0.25, 0.3) is 0 Å². The Balaban J connectivity index is 3.09. The van der Waals surface area contributed by atoms with Crippen LogP contribution in [0.15, 0.2) is 12.1 Å². The highest BCUT2D eigenvalue weighted by Gasteiger charge is 2.13. The summed E-state index contributed by atoms with van der Waals surface area (Å²) >= 11 is 0. The average Bonchev–Trinajstić information content (AvgIpc) is 2.34. The number of aryl methyl sites for hydroxylation is 1. The molecule has 0 bridgehead atoms. The van der Waals surface area contributed by atoms with E-state index in [9.17, 15) is 4.79 Å². The van der Waals surface area contributed by atoms with E-state index in [1.54, 1.807) is 14.2 Å². The average molecular weight is 238 g/mol. The monoisotopic (exact) mass is 238 g/mol. The van der Waals surface area contributed by atoms with Gasteiger partial charge in [0.1, 0.15) is 11.5 Å². The van der Waals surface area contributed by atoms with E-state index >= 15 is 0 Å². The molecule has 0 unspecified atom stereocenters. The highest BCUT2D eigenvalue weighted by molar-refractivity contribution is 5.67. The minimum absolute atomic E-state index is 0.103. The molecule has 0 saturated heterocycles. The largest absolute Gasteiger partial charge is 0.496 e. The fraction of sp³-hybridized carbons (Fsp3) is 0.462. The van der Waals surface area contributed by atoms with Gasteiger partial charge < -0.3 is 14.6 Å². The van der Waals surface area contributed by atoms with E-state index < -0.39 is 5.97 Å². The Kier molecular flexibility index (Phi) is 4.82. The van der Waals surface area contributed by atoms with Gasteiger partial charge in [-0.3, -0.25) is 4.79 Å². The molecular weight excluding hydrogens is 220 g/mol. The quantitative estimate of drug-likeness (QED) is 0.826. The van der Waals surface area contributed by atoms with Gasteiger partial charge >= 0.3 is 5.97 Å². The summed E-state index contributed by atoms with van der Waals surface area (Å²) in [4.78, 5) is 10.6. The van der Waals surface area contributed by atoms with E-state index in [1.165, 1.54) is 0 Å². The maximum absolute atomic E-state index is 10.6. The summed E-state index contributed by atoms with van der Waals surface area (Å²) in [6.45, 7) is 2.02. The fourth-order valence-corrected chi connectivity index (χ4v) is 1.88. The molecule has 0 spiro atoms. The Bertz CT molecular complexity index is 399. The fourth-order valence-electron chi connectivity index (χ4n) is 1.88. The van der Waals surface area contributed by atoms with Crippen molar-refractivity contribution < 1.29 is 19.4 Å². The second-order valence-corrected chi connectivity index (χ2v) is 3.69. The third-order valence-corrected chi connectivity index (χ3v) is 2.68. The van der Waals surface area contributed by atoms with Gasteiger partial charge in [0.15, 0.2) is 0 Å². The third-order valence-electron chi connectivity index (χ3n) is 2.68. The Morgan fingerprint density at radius 1 is 1.29 bits per heavy atom. The molecule has 0 heterocycles. The molecule has 0 aliphatic rings. The summed E-state index contributed by atoms with van der Waals surface area (Å²) in [5, 5.41) is 8.70. The van der Waals surface area contributed by atoms with Crippen LogP contribution in [0, 0.1) is 0 Å². The summed E-state index contributed by atoms with van der Waals surface area (Å²) in [6, 6.07) is 3.72. The first-order valence-corrected chi connectivity index (χ1v) is 5.58. The van der Waals surface area contributed by atoms with E-state index in [-0.39, 0.29) is 6.42 Å². The van der Waals surface area contributed by atoms with Crippen molar-refractivity contribution in [2.24, 2.45) is 0 Å². The molecule has 4 heteroatoms. The molecule has 0 aromatic heterocycles. The second-order valence-electron chi connectivity index (χ2n) is 3.69. The third kappa shape index (κ3) is 3.12. The van der Waals surface area contributed by atoms with Crippen LogP contribution >= 0.6 is 0 Å². The molecule has 0 fully saturated rings. The molecule has 0 atom stereocenters. The minimum Gasteiger partial charge on any atom is -0.496 e. The van der Waals surface area contributed by atoms with Gasteiger partial charge in [-0.25, -0.2) is 0 Å². The zero-order valence-electron chi connectivity index (χ0n) is 10.4. The van der Waals surface area contributed by atoms with Crippen LogP contribution in [0.3, 0.4) is 0 Å². The first kappa shape index (κ1) is 13.4. The van der Waals surface area contributed by atoms with Gasteiger partial charge in [-0.05, 0) is 24.5 Å². The van der Waals surface area contributed by atoms with E-state index in [2.05, 4.69) is 0 Å². The van der Waals surface area contributed by atoms with Gasteiger partial charge in [-0.2, -0.15) is 0 Å². The van der Waals surface area contributed by atoms with Crippen molar-refractivity contribution in [2.45, 2.75) is 26.2 Å². The van der Waals surface area contributed by atoms with Crippen LogP contribution < -0.4 is 9.47 Å². The van der Waals surface area contributed by atoms with Gasteiger partial charge in [0.2, 0.25) is 0 Å². The number of rotatable bonds is 6. The molecule has 0 radical (unpaired) electrons. The van der Waals surface area contributed by atoms with Crippen LogP contribution in [0.5, 0.6) is 11.5 Å². The summed E-state index contributed by atoms with van der Waals surface area (Å²) < 4.78 is 10.6. The molecule has 17 heavy (non-hydrogen) atoms. The molecule has 4 nitrogen and oxygen atoms in total. The number of hydrogen-bond donors (Lipinski definition) is 1. The van der Waals surface area contributed by atoms with E-state index in [0.717, 1.165) is 29.0 Å². The van der Waals surface area contributed by atoms with E-state index in [1.807, 2.05) is 19.1 Å². The maximum Gasteiger partial charge on any atom is 0.303 e. The summed E-state index contributed by atoms with van der Waals surface area (Å²) in [7, 11) is 3.21. The van der Waals surface area contributed by atoms with Crippen LogP contribution in [0.1, 0.15) is 24.5 Å². The SMILES string of the molecule is CCc1c(OC)ccc(CCC(=O)O)c1OC. The molecule has 0 amide bonds. The van der Waals surface area contributed by atoms with Crippen molar-refractivity contribution in [3.63, 3.8) is 0 Å². The van der Waals surface area contributed by atoms with Gasteiger partial charge in [-0.1, -0.05) is 13.0 Å². The Morgan fingerprint density at radius 2 is 2.00 bits per heavy atom. The Labute approximate surface area is 101 Å². The first-order chi connectivity index (χ1) is 8.13. The van der Waals surface area contributed by atoms with Crippen LogP contribution in [0.4, 0.5) is 0 Å². The number of methoxy groups -OCH3 is 2. The summed E-state index contributed by atoms with van der Waals surface area (Å²) in [6.07, 6.45) is 1.36. The van der Waals surface area contributed by atoms with Crippen molar-refractivity contribution in [2.75, 3.05) is 14.2 Å². The number of benzene rings is 1. The molecule has 0 aliphatic heterocycles. The molecule has 0 saturated carbocycles. The zero-order valence-corrected chi connectivity index (χ0v) is 10.4. The lowest BCUT2D eigenvalue weighted by Gasteiger charge is -2.15. The highest BCUT2D eigenvalue weighted by Crippen LogP contribution is 2.33. The van der Waals surface area contributed by atoms with Crippen LogP contribution in [-0.2, 0) is 17.6 Å². The number of hydrogen-bond acceptors (Lipinski definition) is 3. The van der Waals surface area contributed by atoms with E-state index in [4.69, 9.17) is 14.6 Å². The zero-order chi connectivity index (χ0) is 12.8. The van der Waals surface area contributed by atoms with Gasteiger partial charge in [0, 0.05) is 12.0 Å². The molecular formula is C13H18O4. The lowest BCUT2D eigenvalue weighted by atomic mass is 10.0. The molecule has 1 rings (SSSR count). The summed E-state index contributed by atoms with van der Waals surface area (Å²) in [5.74, 6) is 0.720. The highest BCUT2D eigenvalue weighted by atomic mass is 16.5. The Hall–Kier alpha value is -1.71. The van der Waals surface area contributed by atoms with Crippen molar-refractivity contribution in [1.82, 2.24) is 0 Å². The number of ether oxygens (including phenoxy) is 2. The number of carboxylic acids is 1. The standard InChI is InChI=1S/C13H18O4/c1-4-10-11(16-2)7-5-9(13(10)17-3)6-8-12(14)15/h5,7H,4,6,8H2,1-3H3,(H,14,15). The number of carboxylic acid groups (broad SMARTS) is 1. The first-order valence-electron chi connectivity index (χ1n) is 5.58. The van der Waals surface area contributed by atoms with Gasteiger partial charge in [0.25, 0.3) is 0 Å². The lowest BCUT2D eigenvalue weighted by Crippen LogP contribution is -2.03. The van der Waals surface area contributed by atoms with Gasteiger partial charge in [-0.15, -0.1) is 0 Å². The van der Waals surface area contributed by atoms with Gasteiger partial charge in [0.05, 0.1) is 14.2 Å². The topological polar surface area (TPSA) is 55.8 Å². The predicted molar refractivity (Wildman–Crippen MR) is 64.9 cm³/mol. The van der Waals surface area contributed by atoms with Crippen molar-refractivity contribution in [3.05, 3.63) is 23.3 Å². The van der Waals surface area contributed by atoms with E-state index in [0.29, 0.717) is 6.42 Å². The summed E-state index contributed by atoms with van der Waals surface area (Å²) in [5.41, 5.74) is 1.89. The number of carbonyl (C=O) groups is 1. The molecule has 1 aromatic rings. The smallest absolute Gasteiger partial charge is 0.303 e. The second kappa shape index (κ2) is 6.13. The van der Waals surface area contributed by atoms with Crippen LogP contribution in [-0.4, -0.2) is 25.3 Å². The lowest BCUT2D eigenvalue weighted by molar-refractivity contribution is -0.136. The predicted octanol–water partition coefficient (Wildman–Crippen LogP) is 2.28. The minimum atomic E-state index is -0.805. The maximum atomic E-state index is 10.6. The van der Waals surface area contributed by atoms with Crippen molar-refractivity contribution in [1.29, 1.82) is 0 Å². The van der Waals surface area contributed by atoms with Crippen LogP contribution in [0.2, 0.25) is 0 Å². The molecule has 0 aliphatic carbocycles.